The summed E-state index contributed by atoms with van der Waals surface area (Å²) in [5.74, 6) is -0.376. The van der Waals surface area contributed by atoms with E-state index in [1.807, 2.05) is 37.3 Å². The molecule has 0 saturated carbocycles. The molecule has 1 rings (SSSR count). The molecule has 0 aromatic heterocycles. The summed E-state index contributed by atoms with van der Waals surface area (Å²) in [5.41, 5.74) is 6.38. The third-order valence-corrected chi connectivity index (χ3v) is 2.73. The van der Waals surface area contributed by atoms with Crippen LogP contribution in [0.4, 0.5) is 0 Å². The van der Waals surface area contributed by atoms with E-state index < -0.39 is 0 Å². The molecule has 17 heavy (non-hydrogen) atoms. The number of aliphatic hydroxyl groups is 1. The molecule has 0 aliphatic heterocycles. The van der Waals surface area contributed by atoms with Crippen molar-refractivity contribution in [3.05, 3.63) is 35.9 Å². The Morgan fingerprint density at radius 2 is 2.06 bits per heavy atom. The van der Waals surface area contributed by atoms with Gasteiger partial charge in [-0.05, 0) is 18.4 Å². The quantitative estimate of drug-likeness (QED) is 0.643. The van der Waals surface area contributed by atoms with Crippen molar-refractivity contribution in [3.63, 3.8) is 0 Å². The average Bonchev–Trinajstić information content (AvgIpc) is 2.35. The number of hydrogen-bond acceptors (Lipinski definition) is 3. The Balaban J connectivity index is 2.57. The largest absolute Gasteiger partial charge is 0.395 e. The summed E-state index contributed by atoms with van der Waals surface area (Å²) in [6.45, 7) is 1.87. The van der Waals surface area contributed by atoms with Gasteiger partial charge in [0.05, 0.1) is 12.6 Å². The molecule has 1 aromatic rings. The van der Waals surface area contributed by atoms with Crippen LogP contribution >= 0.6 is 0 Å². The zero-order valence-electron chi connectivity index (χ0n) is 10.1. The average molecular weight is 236 g/mol. The van der Waals surface area contributed by atoms with Crippen LogP contribution in [0.5, 0.6) is 0 Å². The Morgan fingerprint density at radius 3 is 2.53 bits per heavy atom. The molecule has 0 saturated heterocycles. The molecule has 0 radical (unpaired) electrons. The molecule has 4 nitrogen and oxygen atoms in total. The first kappa shape index (κ1) is 13.7. The highest BCUT2D eigenvalue weighted by atomic mass is 16.3. The molecule has 0 spiro atoms. The van der Waals surface area contributed by atoms with Gasteiger partial charge in [-0.3, -0.25) is 4.79 Å². The number of aliphatic hydroxyl groups excluding tert-OH is 1. The molecule has 0 aliphatic carbocycles. The Kier molecular flexibility index (Phi) is 5.66. The van der Waals surface area contributed by atoms with E-state index in [0.717, 1.165) is 5.56 Å². The Morgan fingerprint density at radius 1 is 1.41 bits per heavy atom. The molecule has 0 bridgehead atoms. The van der Waals surface area contributed by atoms with Gasteiger partial charge in [-0.2, -0.15) is 0 Å². The minimum absolute atomic E-state index is 0.0152. The lowest BCUT2D eigenvalue weighted by Gasteiger charge is -2.21. The van der Waals surface area contributed by atoms with Gasteiger partial charge >= 0.3 is 0 Å². The lowest BCUT2D eigenvalue weighted by atomic mass is 10.0. The van der Waals surface area contributed by atoms with E-state index >= 15 is 0 Å². The SMILES string of the molecule is CCC(NC(CO)Cc1ccccc1)C(N)=O. The summed E-state index contributed by atoms with van der Waals surface area (Å²) in [4.78, 5) is 11.1. The van der Waals surface area contributed by atoms with E-state index in [4.69, 9.17) is 5.73 Å². The lowest BCUT2D eigenvalue weighted by molar-refractivity contribution is -0.120. The van der Waals surface area contributed by atoms with Crippen LogP contribution < -0.4 is 11.1 Å². The Labute approximate surface area is 102 Å². The summed E-state index contributed by atoms with van der Waals surface area (Å²) in [6, 6.07) is 9.32. The monoisotopic (exact) mass is 236 g/mol. The molecule has 0 fully saturated rings. The van der Waals surface area contributed by atoms with Crippen LogP contribution in [-0.4, -0.2) is 29.7 Å². The number of rotatable bonds is 7. The van der Waals surface area contributed by atoms with Gasteiger partial charge in [-0.25, -0.2) is 0 Å². The molecular weight excluding hydrogens is 216 g/mol. The summed E-state index contributed by atoms with van der Waals surface area (Å²) < 4.78 is 0. The molecule has 0 heterocycles. The number of amides is 1. The van der Waals surface area contributed by atoms with Crippen LogP contribution in [0.3, 0.4) is 0 Å². The second-order valence-electron chi connectivity index (χ2n) is 4.10. The molecular formula is C13H20N2O2. The van der Waals surface area contributed by atoms with Crippen molar-refractivity contribution in [1.29, 1.82) is 0 Å². The summed E-state index contributed by atoms with van der Waals surface area (Å²) in [6.07, 6.45) is 1.31. The smallest absolute Gasteiger partial charge is 0.234 e. The second kappa shape index (κ2) is 7.04. The Hall–Kier alpha value is -1.39. The van der Waals surface area contributed by atoms with Crippen molar-refractivity contribution in [2.24, 2.45) is 5.73 Å². The zero-order chi connectivity index (χ0) is 12.7. The normalized spacial score (nSPS) is 14.2. The second-order valence-corrected chi connectivity index (χ2v) is 4.10. The molecule has 1 aromatic carbocycles. The van der Waals surface area contributed by atoms with Crippen molar-refractivity contribution >= 4 is 5.91 Å². The fourth-order valence-corrected chi connectivity index (χ4v) is 1.76. The van der Waals surface area contributed by atoms with Crippen LogP contribution in [0.25, 0.3) is 0 Å². The number of carbonyl (C=O) groups is 1. The molecule has 2 atom stereocenters. The third kappa shape index (κ3) is 4.54. The first-order chi connectivity index (χ1) is 8.17. The van der Waals surface area contributed by atoms with Crippen LogP contribution in [-0.2, 0) is 11.2 Å². The number of nitrogens with one attached hydrogen (secondary N) is 1. The topological polar surface area (TPSA) is 75.3 Å². The highest BCUT2D eigenvalue weighted by Gasteiger charge is 2.17. The minimum Gasteiger partial charge on any atom is -0.395 e. The zero-order valence-corrected chi connectivity index (χ0v) is 10.1. The molecule has 2 unspecified atom stereocenters. The Bertz CT molecular complexity index is 341. The third-order valence-electron chi connectivity index (χ3n) is 2.73. The molecule has 4 heteroatoms. The fraction of sp³-hybridized carbons (Fsp3) is 0.462. The van der Waals surface area contributed by atoms with Gasteiger partial charge in [-0.1, -0.05) is 37.3 Å². The van der Waals surface area contributed by atoms with Crippen LogP contribution in [0.1, 0.15) is 18.9 Å². The minimum atomic E-state index is -0.379. The maximum absolute atomic E-state index is 11.1. The first-order valence-electron chi connectivity index (χ1n) is 5.87. The highest BCUT2D eigenvalue weighted by molar-refractivity contribution is 5.79. The fourth-order valence-electron chi connectivity index (χ4n) is 1.76. The first-order valence-corrected chi connectivity index (χ1v) is 5.87. The van der Waals surface area contributed by atoms with Crippen LogP contribution in [0.2, 0.25) is 0 Å². The number of hydrogen-bond donors (Lipinski definition) is 3. The van der Waals surface area contributed by atoms with Crippen molar-refractivity contribution < 1.29 is 9.90 Å². The van der Waals surface area contributed by atoms with Gasteiger partial charge in [0.15, 0.2) is 0 Å². The summed E-state index contributed by atoms with van der Waals surface area (Å²) in [7, 11) is 0. The molecule has 4 N–H and O–H groups in total. The van der Waals surface area contributed by atoms with E-state index in [1.54, 1.807) is 0 Å². The molecule has 1 amide bonds. The van der Waals surface area contributed by atoms with E-state index in [2.05, 4.69) is 5.32 Å². The van der Waals surface area contributed by atoms with E-state index in [0.29, 0.717) is 12.8 Å². The summed E-state index contributed by atoms with van der Waals surface area (Å²) in [5, 5.41) is 12.4. The maximum atomic E-state index is 11.1. The van der Waals surface area contributed by atoms with Gasteiger partial charge < -0.3 is 16.2 Å². The molecule has 94 valence electrons. The van der Waals surface area contributed by atoms with Crippen molar-refractivity contribution in [1.82, 2.24) is 5.32 Å². The number of primary amides is 1. The predicted molar refractivity (Wildman–Crippen MR) is 67.4 cm³/mol. The van der Waals surface area contributed by atoms with Gasteiger partial charge in [0.1, 0.15) is 0 Å². The maximum Gasteiger partial charge on any atom is 0.234 e. The van der Waals surface area contributed by atoms with E-state index in [9.17, 15) is 9.90 Å². The lowest BCUT2D eigenvalue weighted by Crippen LogP contribution is -2.48. The van der Waals surface area contributed by atoms with Gasteiger partial charge in [-0.15, -0.1) is 0 Å². The van der Waals surface area contributed by atoms with Crippen molar-refractivity contribution in [3.8, 4) is 0 Å². The number of carbonyl (C=O) groups excluding carboxylic acids is 1. The standard InChI is InChI=1S/C13H20N2O2/c1-2-12(13(14)17)15-11(9-16)8-10-6-4-3-5-7-10/h3-7,11-12,15-16H,2,8-9H2,1H3,(H2,14,17). The van der Waals surface area contributed by atoms with Crippen molar-refractivity contribution in [2.75, 3.05) is 6.61 Å². The number of benzene rings is 1. The van der Waals surface area contributed by atoms with Crippen LogP contribution in [0.15, 0.2) is 30.3 Å². The van der Waals surface area contributed by atoms with E-state index in [1.165, 1.54) is 0 Å². The number of nitrogens with two attached hydrogens (primary N) is 1. The van der Waals surface area contributed by atoms with Crippen LogP contribution in [0, 0.1) is 0 Å². The predicted octanol–water partition coefficient (Wildman–Crippen LogP) is 0.443. The van der Waals surface area contributed by atoms with Gasteiger partial charge in [0.25, 0.3) is 0 Å². The molecule has 0 aliphatic rings. The summed E-state index contributed by atoms with van der Waals surface area (Å²) >= 11 is 0. The highest BCUT2D eigenvalue weighted by Crippen LogP contribution is 2.04. The van der Waals surface area contributed by atoms with Crippen molar-refractivity contribution in [2.45, 2.75) is 31.8 Å². The van der Waals surface area contributed by atoms with Gasteiger partial charge in [0.2, 0.25) is 5.91 Å². The van der Waals surface area contributed by atoms with E-state index in [-0.39, 0.29) is 24.6 Å². The van der Waals surface area contributed by atoms with Gasteiger partial charge in [0, 0.05) is 6.04 Å².